The summed E-state index contributed by atoms with van der Waals surface area (Å²) >= 11 is 0. The van der Waals surface area contributed by atoms with Gasteiger partial charge in [-0.25, -0.2) is 8.42 Å². The fraction of sp³-hybridized carbons (Fsp3) is 0.385. The summed E-state index contributed by atoms with van der Waals surface area (Å²) in [4.78, 5) is 30.2. The van der Waals surface area contributed by atoms with Crippen molar-refractivity contribution in [2.45, 2.75) is 29.8 Å². The third-order valence-corrected chi connectivity index (χ3v) is 8.81. The first-order valence-electron chi connectivity index (χ1n) is 12.2. The van der Waals surface area contributed by atoms with Gasteiger partial charge in [-0.3, -0.25) is 9.59 Å². The number of ether oxygens (including phenoxy) is 2. The number of H-pyrrole nitrogens is 1. The first kappa shape index (κ1) is 25.4. The van der Waals surface area contributed by atoms with Crippen LogP contribution in [0.15, 0.2) is 52.2 Å². The molecule has 196 valence electrons. The van der Waals surface area contributed by atoms with Crippen LogP contribution < -0.4 is 21.1 Å². The number of nitrogens with one attached hydrogen (secondary N) is 3. The van der Waals surface area contributed by atoms with Crippen LogP contribution in [0.4, 0.5) is 11.4 Å². The van der Waals surface area contributed by atoms with Crippen LogP contribution in [-0.4, -0.2) is 70.7 Å². The van der Waals surface area contributed by atoms with E-state index >= 15 is 0 Å². The number of carbonyl (C=O) groups excluding carboxylic acids is 1. The zero-order valence-electron chi connectivity index (χ0n) is 20.7. The molecular weight excluding hydrogens is 496 g/mol. The largest absolute Gasteiger partial charge is 0.380 e. The van der Waals surface area contributed by atoms with E-state index < -0.39 is 21.2 Å². The molecule has 2 atom stereocenters. The lowest BCUT2D eigenvalue weighted by Crippen LogP contribution is -2.43. The second-order valence-corrected chi connectivity index (χ2v) is 11.4. The van der Waals surface area contributed by atoms with Crippen molar-refractivity contribution in [3.05, 3.63) is 63.9 Å². The van der Waals surface area contributed by atoms with E-state index in [0.717, 1.165) is 17.4 Å². The number of methoxy groups -OCH3 is 1. The number of hydrogen-bond acceptors (Lipinski definition) is 8. The molecule has 11 heteroatoms. The molecule has 3 heterocycles. The molecule has 2 saturated heterocycles. The first-order chi connectivity index (χ1) is 17.8. The van der Waals surface area contributed by atoms with Gasteiger partial charge in [-0.2, -0.15) is 0 Å². The van der Waals surface area contributed by atoms with Gasteiger partial charge in [0, 0.05) is 61.6 Å². The number of aryl methyl sites for hydroxylation is 1. The third-order valence-electron chi connectivity index (χ3n) is 6.91. The highest BCUT2D eigenvalue weighted by Crippen LogP contribution is 2.31. The Morgan fingerprint density at radius 3 is 2.76 bits per heavy atom. The Labute approximate surface area is 214 Å². The number of carbonyl (C=O) groups is 1. The molecule has 2 fully saturated rings. The van der Waals surface area contributed by atoms with Gasteiger partial charge in [-0.15, -0.1) is 0 Å². The van der Waals surface area contributed by atoms with Gasteiger partial charge >= 0.3 is 0 Å². The van der Waals surface area contributed by atoms with Crippen molar-refractivity contribution >= 4 is 38.0 Å². The van der Waals surface area contributed by atoms with Crippen molar-refractivity contribution in [1.29, 1.82) is 0 Å². The SMILES string of the molecule is COC1CCN(c2ccc(S(=O)(=O)C3CNCCO3)cc2C(=O)Nc2ccc3[nH]c(=O)cc(C)c3c2)C1. The van der Waals surface area contributed by atoms with E-state index in [1.165, 1.54) is 18.2 Å². The number of aromatic nitrogens is 1. The number of nitrogens with zero attached hydrogens (tertiary/aromatic N) is 1. The molecule has 5 rings (SSSR count). The van der Waals surface area contributed by atoms with Crippen LogP contribution in [0.3, 0.4) is 0 Å². The van der Waals surface area contributed by atoms with E-state index in [-0.39, 0.29) is 28.7 Å². The topological polar surface area (TPSA) is 130 Å². The second-order valence-electron chi connectivity index (χ2n) is 9.35. The number of fused-ring (bicyclic) bond motifs is 1. The van der Waals surface area contributed by atoms with Crippen LogP contribution in [0, 0.1) is 6.92 Å². The van der Waals surface area contributed by atoms with E-state index in [4.69, 9.17) is 9.47 Å². The van der Waals surface area contributed by atoms with Gasteiger partial charge in [0.05, 0.1) is 23.2 Å². The molecule has 2 aliphatic heterocycles. The van der Waals surface area contributed by atoms with E-state index in [2.05, 4.69) is 15.6 Å². The third kappa shape index (κ3) is 5.12. The second kappa shape index (κ2) is 10.3. The molecule has 2 aliphatic rings. The van der Waals surface area contributed by atoms with Crippen molar-refractivity contribution in [2.75, 3.05) is 50.1 Å². The zero-order valence-corrected chi connectivity index (χ0v) is 21.6. The summed E-state index contributed by atoms with van der Waals surface area (Å²) < 4.78 is 37.6. The molecular formula is C26H30N4O6S. The predicted molar refractivity (Wildman–Crippen MR) is 141 cm³/mol. The maximum absolute atomic E-state index is 13.6. The lowest BCUT2D eigenvalue weighted by Gasteiger charge is -2.25. The molecule has 3 aromatic rings. The molecule has 0 bridgehead atoms. The minimum atomic E-state index is -3.83. The Morgan fingerprint density at radius 1 is 1.19 bits per heavy atom. The molecule has 2 unspecified atom stereocenters. The number of pyridine rings is 1. The highest BCUT2D eigenvalue weighted by molar-refractivity contribution is 7.92. The lowest BCUT2D eigenvalue weighted by atomic mass is 10.1. The molecule has 3 N–H and O–H groups in total. The Balaban J connectivity index is 1.51. The van der Waals surface area contributed by atoms with Gasteiger partial charge in [-0.05, 0) is 55.3 Å². The normalized spacial score (nSPS) is 20.3. The number of amides is 1. The Bertz CT molecular complexity index is 1500. The quantitative estimate of drug-likeness (QED) is 0.445. The fourth-order valence-corrected chi connectivity index (χ4v) is 6.34. The van der Waals surface area contributed by atoms with E-state index in [1.54, 1.807) is 31.4 Å². The first-order valence-corrected chi connectivity index (χ1v) is 13.7. The van der Waals surface area contributed by atoms with Gasteiger partial charge < -0.3 is 30.0 Å². The van der Waals surface area contributed by atoms with Crippen molar-refractivity contribution in [3.63, 3.8) is 0 Å². The van der Waals surface area contributed by atoms with Crippen LogP contribution in [0.5, 0.6) is 0 Å². The number of benzene rings is 2. The minimum absolute atomic E-state index is 0.0320. The van der Waals surface area contributed by atoms with Crippen LogP contribution in [0.1, 0.15) is 22.3 Å². The number of aromatic amines is 1. The van der Waals surface area contributed by atoms with E-state index in [0.29, 0.717) is 43.1 Å². The number of hydrogen-bond donors (Lipinski definition) is 3. The molecule has 1 amide bonds. The molecule has 2 aromatic carbocycles. The van der Waals surface area contributed by atoms with Gasteiger partial charge in [0.1, 0.15) is 0 Å². The Hall–Kier alpha value is -3.25. The van der Waals surface area contributed by atoms with Crippen molar-refractivity contribution < 1.29 is 22.7 Å². The summed E-state index contributed by atoms with van der Waals surface area (Å²) in [7, 11) is -2.17. The summed E-state index contributed by atoms with van der Waals surface area (Å²) in [5.41, 5.74) is 1.66. The molecule has 1 aromatic heterocycles. The smallest absolute Gasteiger partial charge is 0.257 e. The van der Waals surface area contributed by atoms with Crippen LogP contribution in [-0.2, 0) is 19.3 Å². The molecule has 37 heavy (non-hydrogen) atoms. The molecule has 0 aliphatic carbocycles. The number of sulfone groups is 1. The van der Waals surface area contributed by atoms with Gasteiger partial charge in [0.2, 0.25) is 15.4 Å². The van der Waals surface area contributed by atoms with Crippen molar-refractivity contribution in [3.8, 4) is 0 Å². The Kier molecular flexibility index (Phi) is 7.04. The van der Waals surface area contributed by atoms with Gasteiger partial charge in [-0.1, -0.05) is 0 Å². The molecule has 10 nitrogen and oxygen atoms in total. The predicted octanol–water partition coefficient (Wildman–Crippen LogP) is 2.03. The van der Waals surface area contributed by atoms with Crippen LogP contribution in [0.25, 0.3) is 10.9 Å². The average Bonchev–Trinajstić information content (AvgIpc) is 3.38. The van der Waals surface area contributed by atoms with E-state index in [9.17, 15) is 18.0 Å². The summed E-state index contributed by atoms with van der Waals surface area (Å²) in [6.45, 7) is 4.19. The molecule has 0 radical (unpaired) electrons. The van der Waals surface area contributed by atoms with Crippen molar-refractivity contribution in [1.82, 2.24) is 10.3 Å². The zero-order chi connectivity index (χ0) is 26.2. The molecule has 0 spiro atoms. The van der Waals surface area contributed by atoms with E-state index in [1.807, 2.05) is 11.8 Å². The fourth-order valence-electron chi connectivity index (χ4n) is 4.88. The maximum atomic E-state index is 13.6. The highest BCUT2D eigenvalue weighted by atomic mass is 32.2. The summed E-state index contributed by atoms with van der Waals surface area (Å²) in [5, 5.41) is 6.76. The van der Waals surface area contributed by atoms with Gasteiger partial charge in [0.15, 0.2) is 5.44 Å². The highest BCUT2D eigenvalue weighted by Gasteiger charge is 2.32. The maximum Gasteiger partial charge on any atom is 0.257 e. The summed E-state index contributed by atoms with van der Waals surface area (Å²) in [6.07, 6.45) is 0.841. The summed E-state index contributed by atoms with van der Waals surface area (Å²) in [6, 6.07) is 11.4. The van der Waals surface area contributed by atoms with Crippen molar-refractivity contribution in [2.24, 2.45) is 0 Å². The number of morpholine rings is 1. The standard InChI is InChI=1S/C26H30N4O6S/c1-16-11-24(31)29-22-5-3-17(12-20(16)22)28-26(32)21-13-19(37(33,34)25-14-27-8-10-36-25)4-6-23(21)30-9-7-18(15-30)35-2/h3-6,11-13,18,25,27H,7-10,14-15H2,1-2H3,(H,28,32)(H,29,31). The van der Waals surface area contributed by atoms with Gasteiger partial charge in [0.25, 0.3) is 5.91 Å². The van der Waals surface area contributed by atoms with Crippen LogP contribution >= 0.6 is 0 Å². The Morgan fingerprint density at radius 2 is 2.03 bits per heavy atom. The van der Waals surface area contributed by atoms with Crippen LogP contribution in [0.2, 0.25) is 0 Å². The number of rotatable bonds is 6. The summed E-state index contributed by atoms with van der Waals surface area (Å²) in [5.74, 6) is -0.433. The lowest BCUT2D eigenvalue weighted by molar-refractivity contribution is 0.0785. The average molecular weight is 527 g/mol. The number of anilines is 2. The minimum Gasteiger partial charge on any atom is -0.380 e. The monoisotopic (exact) mass is 526 g/mol. The molecule has 0 saturated carbocycles.